The van der Waals surface area contributed by atoms with Gasteiger partial charge in [0, 0.05) is 13.1 Å². The Hall–Kier alpha value is -1.60. The van der Waals surface area contributed by atoms with E-state index >= 15 is 0 Å². The van der Waals surface area contributed by atoms with E-state index in [1.165, 1.54) is 16.7 Å². The van der Waals surface area contributed by atoms with E-state index in [4.69, 9.17) is 0 Å². The molecule has 0 bridgehead atoms. The maximum atomic E-state index is 3.60. The van der Waals surface area contributed by atoms with Crippen LogP contribution >= 0.6 is 0 Å². The van der Waals surface area contributed by atoms with E-state index < -0.39 is 0 Å². The molecular formula is C19H25N. The van der Waals surface area contributed by atoms with Crippen LogP contribution in [0.2, 0.25) is 0 Å². The number of rotatable bonds is 6. The third-order valence-corrected chi connectivity index (χ3v) is 3.85. The number of hydrogen-bond acceptors (Lipinski definition) is 1. The van der Waals surface area contributed by atoms with Crippen molar-refractivity contribution in [2.24, 2.45) is 5.92 Å². The monoisotopic (exact) mass is 267 g/mol. The highest BCUT2D eigenvalue weighted by atomic mass is 14.9. The summed E-state index contributed by atoms with van der Waals surface area (Å²) in [5, 5.41) is 3.60. The van der Waals surface area contributed by atoms with Crippen LogP contribution in [0.3, 0.4) is 0 Å². The molecule has 0 aliphatic rings. The minimum atomic E-state index is 0.571. The van der Waals surface area contributed by atoms with Crippen LogP contribution in [0.4, 0.5) is 0 Å². The van der Waals surface area contributed by atoms with Gasteiger partial charge in [0.25, 0.3) is 0 Å². The summed E-state index contributed by atoms with van der Waals surface area (Å²) >= 11 is 0. The van der Waals surface area contributed by atoms with Crippen LogP contribution < -0.4 is 5.32 Å². The highest BCUT2D eigenvalue weighted by molar-refractivity contribution is 5.22. The van der Waals surface area contributed by atoms with E-state index in [1.54, 1.807) is 0 Å². The zero-order valence-corrected chi connectivity index (χ0v) is 12.8. The van der Waals surface area contributed by atoms with Crippen molar-refractivity contribution in [2.75, 3.05) is 6.54 Å². The zero-order chi connectivity index (χ0) is 14.4. The third-order valence-electron chi connectivity index (χ3n) is 3.85. The Labute approximate surface area is 123 Å². The summed E-state index contributed by atoms with van der Waals surface area (Å²) in [6.45, 7) is 8.68. The van der Waals surface area contributed by atoms with Gasteiger partial charge in [-0.25, -0.2) is 0 Å². The van der Waals surface area contributed by atoms with Gasteiger partial charge in [-0.05, 0) is 29.9 Å². The second kappa shape index (κ2) is 7.25. The molecule has 0 saturated heterocycles. The quantitative estimate of drug-likeness (QED) is 0.811. The van der Waals surface area contributed by atoms with Gasteiger partial charge in [0.2, 0.25) is 0 Å². The molecule has 0 spiro atoms. The molecule has 0 saturated carbocycles. The Kier molecular flexibility index (Phi) is 5.37. The van der Waals surface area contributed by atoms with E-state index in [-0.39, 0.29) is 0 Å². The maximum absolute atomic E-state index is 3.60. The molecule has 20 heavy (non-hydrogen) atoms. The summed E-state index contributed by atoms with van der Waals surface area (Å²) in [5.41, 5.74) is 4.10. The molecule has 0 amide bonds. The lowest BCUT2D eigenvalue weighted by Gasteiger charge is -2.22. The minimum absolute atomic E-state index is 0.571. The van der Waals surface area contributed by atoms with Crippen molar-refractivity contribution < 1.29 is 0 Å². The smallest absolute Gasteiger partial charge is 0.0205 e. The molecule has 0 aliphatic heterocycles. The van der Waals surface area contributed by atoms with Gasteiger partial charge in [0.05, 0.1) is 0 Å². The van der Waals surface area contributed by atoms with E-state index in [1.807, 2.05) is 0 Å². The first-order valence-corrected chi connectivity index (χ1v) is 7.48. The van der Waals surface area contributed by atoms with Crippen molar-refractivity contribution in [3.8, 4) is 0 Å². The predicted molar refractivity (Wildman–Crippen MR) is 86.9 cm³/mol. The number of nitrogens with one attached hydrogen (secondary N) is 1. The lowest BCUT2D eigenvalue weighted by Crippen LogP contribution is -2.24. The standard InChI is InChI=1S/C19H25N/c1-15(2)19(18-7-5-4-6-8-18)14-20-13-17-11-9-16(3)10-12-17/h4-12,15,19-20H,13-14H2,1-3H3. The van der Waals surface area contributed by atoms with Crippen LogP contribution in [-0.4, -0.2) is 6.54 Å². The van der Waals surface area contributed by atoms with E-state index in [2.05, 4.69) is 80.7 Å². The first-order chi connectivity index (χ1) is 9.66. The Balaban J connectivity index is 1.91. The molecule has 1 nitrogen and oxygen atoms in total. The highest BCUT2D eigenvalue weighted by Gasteiger charge is 2.14. The molecule has 0 aromatic heterocycles. The molecule has 0 radical (unpaired) electrons. The van der Waals surface area contributed by atoms with Crippen LogP contribution in [-0.2, 0) is 6.54 Å². The Morgan fingerprint density at radius 3 is 2.15 bits per heavy atom. The molecule has 2 aromatic rings. The van der Waals surface area contributed by atoms with Gasteiger partial charge in [-0.1, -0.05) is 74.0 Å². The average Bonchev–Trinajstić information content (AvgIpc) is 2.46. The molecule has 1 heteroatoms. The summed E-state index contributed by atoms with van der Waals surface area (Å²) in [6, 6.07) is 19.6. The summed E-state index contributed by atoms with van der Waals surface area (Å²) in [5.74, 6) is 1.21. The number of benzene rings is 2. The fourth-order valence-corrected chi connectivity index (χ4v) is 2.52. The van der Waals surface area contributed by atoms with Gasteiger partial charge in [-0.3, -0.25) is 0 Å². The van der Waals surface area contributed by atoms with Crippen LogP contribution in [0.1, 0.15) is 36.5 Å². The van der Waals surface area contributed by atoms with Crippen molar-refractivity contribution in [1.29, 1.82) is 0 Å². The zero-order valence-electron chi connectivity index (χ0n) is 12.8. The molecule has 106 valence electrons. The second-order valence-corrected chi connectivity index (χ2v) is 5.88. The number of hydrogen-bond donors (Lipinski definition) is 1. The summed E-state index contributed by atoms with van der Waals surface area (Å²) in [6.07, 6.45) is 0. The van der Waals surface area contributed by atoms with Crippen LogP contribution in [0.25, 0.3) is 0 Å². The van der Waals surface area contributed by atoms with Crippen molar-refractivity contribution in [3.63, 3.8) is 0 Å². The van der Waals surface area contributed by atoms with Crippen LogP contribution in [0, 0.1) is 12.8 Å². The average molecular weight is 267 g/mol. The molecular weight excluding hydrogens is 242 g/mol. The predicted octanol–water partition coefficient (Wildman–Crippen LogP) is 4.52. The molecule has 2 rings (SSSR count). The molecule has 0 aliphatic carbocycles. The van der Waals surface area contributed by atoms with Crippen LogP contribution in [0.5, 0.6) is 0 Å². The largest absolute Gasteiger partial charge is 0.312 e. The van der Waals surface area contributed by atoms with Gasteiger partial charge in [-0.2, -0.15) is 0 Å². The van der Waals surface area contributed by atoms with Gasteiger partial charge in [-0.15, -0.1) is 0 Å². The minimum Gasteiger partial charge on any atom is -0.312 e. The lowest BCUT2D eigenvalue weighted by atomic mass is 9.88. The van der Waals surface area contributed by atoms with Crippen molar-refractivity contribution in [3.05, 3.63) is 71.3 Å². The molecule has 0 heterocycles. The van der Waals surface area contributed by atoms with Crippen molar-refractivity contribution >= 4 is 0 Å². The van der Waals surface area contributed by atoms with Crippen LogP contribution in [0.15, 0.2) is 54.6 Å². The third kappa shape index (κ3) is 4.21. The molecule has 0 fully saturated rings. The van der Waals surface area contributed by atoms with Gasteiger partial charge < -0.3 is 5.32 Å². The van der Waals surface area contributed by atoms with E-state index in [0.29, 0.717) is 11.8 Å². The Bertz CT molecular complexity index is 499. The van der Waals surface area contributed by atoms with Gasteiger partial charge in [0.1, 0.15) is 0 Å². The van der Waals surface area contributed by atoms with E-state index in [9.17, 15) is 0 Å². The summed E-state index contributed by atoms with van der Waals surface area (Å²) < 4.78 is 0. The topological polar surface area (TPSA) is 12.0 Å². The lowest BCUT2D eigenvalue weighted by molar-refractivity contribution is 0.461. The fraction of sp³-hybridized carbons (Fsp3) is 0.368. The van der Waals surface area contributed by atoms with Gasteiger partial charge in [0.15, 0.2) is 0 Å². The number of aryl methyl sites for hydroxylation is 1. The second-order valence-electron chi connectivity index (χ2n) is 5.88. The summed E-state index contributed by atoms with van der Waals surface area (Å²) in [7, 11) is 0. The SMILES string of the molecule is Cc1ccc(CNCC(c2ccccc2)C(C)C)cc1. The Morgan fingerprint density at radius 1 is 0.900 bits per heavy atom. The Morgan fingerprint density at radius 2 is 1.55 bits per heavy atom. The van der Waals surface area contributed by atoms with Crippen molar-refractivity contribution in [2.45, 2.75) is 33.2 Å². The van der Waals surface area contributed by atoms with Gasteiger partial charge >= 0.3 is 0 Å². The molecule has 1 N–H and O–H groups in total. The first-order valence-electron chi connectivity index (χ1n) is 7.48. The molecule has 1 unspecified atom stereocenters. The summed E-state index contributed by atoms with van der Waals surface area (Å²) in [4.78, 5) is 0. The molecule has 1 atom stereocenters. The van der Waals surface area contributed by atoms with Crippen molar-refractivity contribution in [1.82, 2.24) is 5.32 Å². The molecule has 2 aromatic carbocycles. The normalized spacial score (nSPS) is 12.6. The fourth-order valence-electron chi connectivity index (χ4n) is 2.52. The maximum Gasteiger partial charge on any atom is 0.0205 e. The van der Waals surface area contributed by atoms with E-state index in [0.717, 1.165) is 13.1 Å². The first kappa shape index (κ1) is 14.8. The highest BCUT2D eigenvalue weighted by Crippen LogP contribution is 2.23.